The number of hydrogen-bond acceptors (Lipinski definition) is 3. The molecule has 3 nitrogen and oxygen atoms in total. The van der Waals surface area contributed by atoms with Crippen LogP contribution in [-0.4, -0.2) is 25.3 Å². The molecular formula is C12H15NO2. The highest BCUT2D eigenvalue weighted by atomic mass is 16.5. The van der Waals surface area contributed by atoms with Gasteiger partial charge in [0.15, 0.2) is 0 Å². The first-order valence-electron chi connectivity index (χ1n) is 5.00. The lowest BCUT2D eigenvalue weighted by molar-refractivity contribution is -0.141. The fourth-order valence-corrected chi connectivity index (χ4v) is 1.13. The average molecular weight is 205 g/mol. The molecule has 80 valence electrons. The molecule has 0 heterocycles. The second-order valence-corrected chi connectivity index (χ2v) is 3.02. The third kappa shape index (κ3) is 4.96. The van der Waals surface area contributed by atoms with E-state index in [1.54, 1.807) is 13.1 Å². The first-order chi connectivity index (χ1) is 7.33. The summed E-state index contributed by atoms with van der Waals surface area (Å²) in [6.07, 6.45) is 2.49. The maximum absolute atomic E-state index is 10.9. The van der Waals surface area contributed by atoms with Gasteiger partial charge in [-0.2, -0.15) is 0 Å². The van der Waals surface area contributed by atoms with E-state index in [1.807, 2.05) is 30.3 Å². The first kappa shape index (κ1) is 11.4. The summed E-state index contributed by atoms with van der Waals surface area (Å²) < 4.78 is 4.74. The van der Waals surface area contributed by atoms with Crippen molar-refractivity contribution in [2.75, 3.05) is 13.2 Å². The van der Waals surface area contributed by atoms with E-state index in [4.69, 9.17) is 4.74 Å². The van der Waals surface area contributed by atoms with Crippen molar-refractivity contribution in [3.05, 3.63) is 35.9 Å². The standard InChI is InChI=1S/C12H15NO2/c1-2-15-12(14)10-13-9-8-11-6-4-3-5-7-11/h3-7,9H,2,8,10H2,1H3. The summed E-state index contributed by atoms with van der Waals surface area (Å²) in [5.41, 5.74) is 1.19. The average Bonchev–Trinajstić information content (AvgIpc) is 2.26. The Kier molecular flexibility index (Phi) is 5.15. The van der Waals surface area contributed by atoms with Gasteiger partial charge in [-0.3, -0.25) is 9.79 Å². The Balaban J connectivity index is 2.26. The topological polar surface area (TPSA) is 38.7 Å². The van der Waals surface area contributed by atoms with Crippen molar-refractivity contribution in [2.45, 2.75) is 13.3 Å². The lowest BCUT2D eigenvalue weighted by Crippen LogP contribution is -2.07. The van der Waals surface area contributed by atoms with Crippen molar-refractivity contribution in [2.24, 2.45) is 4.99 Å². The smallest absolute Gasteiger partial charge is 0.327 e. The van der Waals surface area contributed by atoms with Crippen molar-refractivity contribution in [3.8, 4) is 0 Å². The highest BCUT2D eigenvalue weighted by Crippen LogP contribution is 1.97. The molecule has 1 aromatic rings. The molecule has 0 unspecified atom stereocenters. The Labute approximate surface area is 89.8 Å². The molecule has 15 heavy (non-hydrogen) atoms. The molecule has 0 aliphatic heterocycles. The van der Waals surface area contributed by atoms with Gasteiger partial charge < -0.3 is 4.74 Å². The van der Waals surface area contributed by atoms with Crippen molar-refractivity contribution in [3.63, 3.8) is 0 Å². The van der Waals surface area contributed by atoms with Crippen LogP contribution in [0.25, 0.3) is 0 Å². The Morgan fingerprint density at radius 1 is 1.40 bits per heavy atom. The van der Waals surface area contributed by atoms with Crippen LogP contribution >= 0.6 is 0 Å². The summed E-state index contributed by atoms with van der Waals surface area (Å²) >= 11 is 0. The second kappa shape index (κ2) is 6.76. The molecular weight excluding hydrogens is 190 g/mol. The molecule has 0 bridgehead atoms. The fraction of sp³-hybridized carbons (Fsp3) is 0.333. The number of nitrogens with zero attached hydrogens (tertiary/aromatic N) is 1. The van der Waals surface area contributed by atoms with Gasteiger partial charge in [-0.25, -0.2) is 0 Å². The predicted molar refractivity (Wildman–Crippen MR) is 60.1 cm³/mol. The van der Waals surface area contributed by atoms with Gasteiger partial charge in [0, 0.05) is 12.6 Å². The fourth-order valence-electron chi connectivity index (χ4n) is 1.13. The van der Waals surface area contributed by atoms with Gasteiger partial charge in [0.25, 0.3) is 0 Å². The molecule has 1 rings (SSSR count). The minimum atomic E-state index is -0.276. The number of esters is 1. The van der Waals surface area contributed by atoms with E-state index in [-0.39, 0.29) is 12.5 Å². The van der Waals surface area contributed by atoms with Crippen LogP contribution < -0.4 is 0 Å². The number of ether oxygens (including phenoxy) is 1. The number of benzene rings is 1. The maximum Gasteiger partial charge on any atom is 0.327 e. The third-order valence-corrected chi connectivity index (χ3v) is 1.82. The molecule has 0 amide bonds. The summed E-state index contributed by atoms with van der Waals surface area (Å²) in [6.45, 7) is 2.30. The quantitative estimate of drug-likeness (QED) is 0.543. The number of carbonyl (C=O) groups excluding carboxylic acids is 1. The zero-order valence-electron chi connectivity index (χ0n) is 8.85. The first-order valence-corrected chi connectivity index (χ1v) is 5.00. The van der Waals surface area contributed by atoms with Crippen LogP contribution in [0.15, 0.2) is 35.3 Å². The summed E-state index contributed by atoms with van der Waals surface area (Å²) in [4.78, 5) is 14.9. The van der Waals surface area contributed by atoms with E-state index in [9.17, 15) is 4.79 Å². The number of carbonyl (C=O) groups is 1. The van der Waals surface area contributed by atoms with E-state index < -0.39 is 0 Å². The van der Waals surface area contributed by atoms with Crippen LogP contribution in [-0.2, 0) is 16.0 Å². The number of hydrogen-bond donors (Lipinski definition) is 0. The van der Waals surface area contributed by atoms with Crippen molar-refractivity contribution in [1.82, 2.24) is 0 Å². The van der Waals surface area contributed by atoms with Crippen LogP contribution in [0.4, 0.5) is 0 Å². The minimum Gasteiger partial charge on any atom is -0.465 e. The lowest BCUT2D eigenvalue weighted by atomic mass is 10.2. The summed E-state index contributed by atoms with van der Waals surface area (Å²) in [5.74, 6) is -0.276. The van der Waals surface area contributed by atoms with Crippen LogP contribution in [0, 0.1) is 0 Å². The summed E-state index contributed by atoms with van der Waals surface area (Å²) in [5, 5.41) is 0. The molecule has 0 spiro atoms. The SMILES string of the molecule is CCOC(=O)CN=CCc1ccccc1. The Hall–Kier alpha value is -1.64. The van der Waals surface area contributed by atoms with Gasteiger partial charge in [0.2, 0.25) is 0 Å². The molecule has 0 saturated carbocycles. The van der Waals surface area contributed by atoms with E-state index in [0.717, 1.165) is 6.42 Å². The van der Waals surface area contributed by atoms with Gasteiger partial charge in [-0.15, -0.1) is 0 Å². The van der Waals surface area contributed by atoms with Crippen LogP contribution in [0.2, 0.25) is 0 Å². The molecule has 0 saturated heterocycles. The lowest BCUT2D eigenvalue weighted by Gasteiger charge is -1.97. The molecule has 0 N–H and O–H groups in total. The Morgan fingerprint density at radius 3 is 2.80 bits per heavy atom. The van der Waals surface area contributed by atoms with Gasteiger partial charge in [-0.05, 0) is 12.5 Å². The summed E-state index contributed by atoms with van der Waals surface area (Å²) in [6, 6.07) is 9.98. The van der Waals surface area contributed by atoms with Gasteiger partial charge >= 0.3 is 5.97 Å². The van der Waals surface area contributed by atoms with Crippen LogP contribution in [0.3, 0.4) is 0 Å². The zero-order chi connectivity index (χ0) is 10.9. The highest BCUT2D eigenvalue weighted by molar-refractivity contribution is 5.74. The molecule has 0 fully saturated rings. The predicted octanol–water partition coefficient (Wildman–Crippen LogP) is 1.86. The van der Waals surface area contributed by atoms with Crippen molar-refractivity contribution in [1.29, 1.82) is 0 Å². The molecule has 0 aliphatic rings. The second-order valence-electron chi connectivity index (χ2n) is 3.02. The van der Waals surface area contributed by atoms with Crippen molar-refractivity contribution >= 4 is 12.2 Å². The molecule has 0 radical (unpaired) electrons. The number of aliphatic imine (C=N–C) groups is 1. The van der Waals surface area contributed by atoms with E-state index in [0.29, 0.717) is 6.61 Å². The normalized spacial score (nSPS) is 10.5. The minimum absolute atomic E-state index is 0.112. The Bertz CT molecular complexity index is 320. The zero-order valence-corrected chi connectivity index (χ0v) is 8.85. The van der Waals surface area contributed by atoms with Gasteiger partial charge in [0.05, 0.1) is 6.61 Å². The summed E-state index contributed by atoms with van der Waals surface area (Å²) in [7, 11) is 0. The Morgan fingerprint density at radius 2 is 2.13 bits per heavy atom. The highest BCUT2D eigenvalue weighted by Gasteiger charge is 1.96. The van der Waals surface area contributed by atoms with E-state index in [2.05, 4.69) is 4.99 Å². The molecule has 3 heteroatoms. The van der Waals surface area contributed by atoms with Gasteiger partial charge in [0.1, 0.15) is 6.54 Å². The molecule has 0 aromatic heterocycles. The van der Waals surface area contributed by atoms with E-state index in [1.165, 1.54) is 5.56 Å². The largest absolute Gasteiger partial charge is 0.465 e. The third-order valence-electron chi connectivity index (χ3n) is 1.82. The monoisotopic (exact) mass is 205 g/mol. The molecule has 0 aliphatic carbocycles. The maximum atomic E-state index is 10.9. The number of rotatable bonds is 5. The van der Waals surface area contributed by atoms with Crippen LogP contribution in [0.1, 0.15) is 12.5 Å². The van der Waals surface area contributed by atoms with Gasteiger partial charge in [-0.1, -0.05) is 30.3 Å². The van der Waals surface area contributed by atoms with Crippen LogP contribution in [0.5, 0.6) is 0 Å². The van der Waals surface area contributed by atoms with Crippen molar-refractivity contribution < 1.29 is 9.53 Å². The van der Waals surface area contributed by atoms with E-state index >= 15 is 0 Å². The molecule has 0 atom stereocenters. The molecule has 1 aromatic carbocycles.